The van der Waals surface area contributed by atoms with Gasteiger partial charge in [-0.1, -0.05) is 0 Å². The van der Waals surface area contributed by atoms with Crippen molar-refractivity contribution in [2.45, 2.75) is 18.8 Å². The second-order valence-electron chi connectivity index (χ2n) is 3.82. The van der Waals surface area contributed by atoms with Crippen molar-refractivity contribution in [2.75, 3.05) is 13.1 Å². The van der Waals surface area contributed by atoms with E-state index in [2.05, 4.69) is 10.3 Å². The molecule has 1 saturated heterocycles. The van der Waals surface area contributed by atoms with E-state index in [9.17, 15) is 9.90 Å². The molecule has 1 aromatic heterocycles. The van der Waals surface area contributed by atoms with Crippen LogP contribution in [0.3, 0.4) is 0 Å². The Morgan fingerprint density at radius 3 is 2.87 bits per heavy atom. The molecule has 0 saturated carbocycles. The zero-order valence-electron chi connectivity index (χ0n) is 8.35. The van der Waals surface area contributed by atoms with Crippen LogP contribution in [0.1, 0.15) is 24.5 Å². The van der Waals surface area contributed by atoms with Crippen LogP contribution in [-0.2, 0) is 4.79 Å². The molecule has 0 aromatic carbocycles. The lowest BCUT2D eigenvalue weighted by Gasteiger charge is -2.26. The van der Waals surface area contributed by atoms with Gasteiger partial charge in [0.15, 0.2) is 6.39 Å². The predicted octanol–water partition coefficient (Wildman–Crippen LogP) is 0.842. The van der Waals surface area contributed by atoms with Crippen LogP contribution in [0.15, 0.2) is 17.1 Å². The van der Waals surface area contributed by atoms with Gasteiger partial charge in [0, 0.05) is 0 Å². The Hall–Kier alpha value is -1.36. The van der Waals surface area contributed by atoms with Gasteiger partial charge in [-0.05, 0) is 31.8 Å². The number of carboxylic acids is 1. The maximum absolute atomic E-state index is 11.2. The average molecular weight is 210 g/mol. The van der Waals surface area contributed by atoms with Crippen molar-refractivity contribution in [3.63, 3.8) is 0 Å². The predicted molar refractivity (Wildman–Crippen MR) is 52.5 cm³/mol. The molecule has 0 spiro atoms. The summed E-state index contributed by atoms with van der Waals surface area (Å²) in [6, 6.07) is 0. The maximum Gasteiger partial charge on any atom is 0.313 e. The Bertz CT molecular complexity index is 317. The fraction of sp³-hybridized carbons (Fsp3) is 0.600. The summed E-state index contributed by atoms with van der Waals surface area (Å²) in [5, 5.41) is 12.4. The Kier molecular flexibility index (Phi) is 3.01. The zero-order chi connectivity index (χ0) is 10.7. The Morgan fingerprint density at radius 1 is 1.60 bits per heavy atom. The molecule has 2 N–H and O–H groups in total. The molecule has 15 heavy (non-hydrogen) atoms. The third-order valence-electron chi connectivity index (χ3n) is 2.89. The highest BCUT2D eigenvalue weighted by molar-refractivity contribution is 5.75. The number of aromatic nitrogens is 1. The van der Waals surface area contributed by atoms with E-state index in [0.717, 1.165) is 25.9 Å². The smallest absolute Gasteiger partial charge is 0.313 e. The first-order chi connectivity index (χ1) is 7.29. The lowest BCUT2D eigenvalue weighted by Crippen LogP contribution is -2.33. The lowest BCUT2D eigenvalue weighted by atomic mass is 9.83. The maximum atomic E-state index is 11.2. The summed E-state index contributed by atoms with van der Waals surface area (Å²) in [4.78, 5) is 15.1. The van der Waals surface area contributed by atoms with Gasteiger partial charge in [0.1, 0.15) is 12.2 Å². The molecule has 1 aromatic rings. The molecule has 0 aliphatic carbocycles. The summed E-state index contributed by atoms with van der Waals surface area (Å²) in [5.74, 6) is -1.17. The van der Waals surface area contributed by atoms with Crippen molar-refractivity contribution < 1.29 is 14.3 Å². The van der Waals surface area contributed by atoms with Crippen LogP contribution in [0.4, 0.5) is 0 Å². The molecule has 0 radical (unpaired) electrons. The molecule has 5 nitrogen and oxygen atoms in total. The SMILES string of the molecule is O=C(O)C(c1cocn1)C1CCNCC1. The van der Waals surface area contributed by atoms with Gasteiger partial charge >= 0.3 is 5.97 Å². The van der Waals surface area contributed by atoms with E-state index >= 15 is 0 Å². The van der Waals surface area contributed by atoms with Crippen molar-refractivity contribution >= 4 is 5.97 Å². The molecule has 1 unspecified atom stereocenters. The number of hydrogen-bond acceptors (Lipinski definition) is 4. The van der Waals surface area contributed by atoms with Gasteiger partial charge < -0.3 is 14.8 Å². The van der Waals surface area contributed by atoms with Crippen LogP contribution >= 0.6 is 0 Å². The molecule has 1 aliphatic rings. The normalized spacial score (nSPS) is 20.0. The standard InChI is InChI=1S/C10H14N2O3/c13-10(14)9(8-5-15-6-12-8)7-1-3-11-4-2-7/h5-7,9,11H,1-4H2,(H,13,14). The van der Waals surface area contributed by atoms with E-state index in [1.54, 1.807) is 0 Å². The summed E-state index contributed by atoms with van der Waals surface area (Å²) in [6.45, 7) is 1.76. The van der Waals surface area contributed by atoms with Gasteiger partial charge in [-0.2, -0.15) is 0 Å². The highest BCUT2D eigenvalue weighted by Crippen LogP contribution is 2.30. The number of carboxylic acid groups (broad SMARTS) is 1. The molecule has 2 rings (SSSR count). The molecule has 1 aliphatic heterocycles. The number of carbonyl (C=O) groups is 1. The number of rotatable bonds is 3. The van der Waals surface area contributed by atoms with Crippen LogP contribution < -0.4 is 5.32 Å². The second-order valence-corrected chi connectivity index (χ2v) is 3.82. The largest absolute Gasteiger partial charge is 0.481 e. The average Bonchev–Trinajstić information content (AvgIpc) is 2.72. The third kappa shape index (κ3) is 2.18. The Morgan fingerprint density at radius 2 is 2.33 bits per heavy atom. The number of nitrogens with one attached hydrogen (secondary N) is 1. The summed E-state index contributed by atoms with van der Waals surface area (Å²) in [5.41, 5.74) is 0.536. The number of nitrogens with zero attached hydrogens (tertiary/aromatic N) is 1. The van der Waals surface area contributed by atoms with Gasteiger partial charge in [0.05, 0.1) is 5.69 Å². The number of oxazole rings is 1. The Labute approximate surface area is 87.5 Å². The first kappa shape index (κ1) is 10.2. The van der Waals surface area contributed by atoms with Crippen LogP contribution in [-0.4, -0.2) is 29.1 Å². The molecular formula is C10H14N2O3. The quantitative estimate of drug-likeness (QED) is 0.773. The van der Waals surface area contributed by atoms with Crippen molar-refractivity contribution in [3.05, 3.63) is 18.4 Å². The van der Waals surface area contributed by atoms with Crippen LogP contribution in [0, 0.1) is 5.92 Å². The number of hydrogen-bond donors (Lipinski definition) is 2. The van der Waals surface area contributed by atoms with E-state index in [0.29, 0.717) is 5.69 Å². The van der Waals surface area contributed by atoms with Crippen LogP contribution in [0.2, 0.25) is 0 Å². The van der Waals surface area contributed by atoms with Crippen molar-refractivity contribution in [1.82, 2.24) is 10.3 Å². The fourth-order valence-electron chi connectivity index (χ4n) is 2.12. The second kappa shape index (κ2) is 4.44. The minimum absolute atomic E-state index is 0.161. The molecule has 5 heteroatoms. The topological polar surface area (TPSA) is 75.4 Å². The van der Waals surface area contributed by atoms with E-state index < -0.39 is 11.9 Å². The third-order valence-corrected chi connectivity index (χ3v) is 2.89. The van der Waals surface area contributed by atoms with E-state index in [4.69, 9.17) is 4.42 Å². The van der Waals surface area contributed by atoms with Crippen LogP contribution in [0.5, 0.6) is 0 Å². The lowest BCUT2D eigenvalue weighted by molar-refractivity contribution is -0.140. The zero-order valence-corrected chi connectivity index (χ0v) is 8.35. The van der Waals surface area contributed by atoms with Crippen molar-refractivity contribution in [3.8, 4) is 0 Å². The first-order valence-corrected chi connectivity index (χ1v) is 5.10. The van der Waals surface area contributed by atoms with Gasteiger partial charge in [-0.15, -0.1) is 0 Å². The number of aliphatic carboxylic acids is 1. The highest BCUT2D eigenvalue weighted by atomic mass is 16.4. The van der Waals surface area contributed by atoms with E-state index in [1.165, 1.54) is 12.7 Å². The van der Waals surface area contributed by atoms with Gasteiger partial charge in [0.2, 0.25) is 0 Å². The molecule has 0 bridgehead atoms. The molecule has 2 heterocycles. The Balaban J connectivity index is 2.15. The fourth-order valence-corrected chi connectivity index (χ4v) is 2.12. The summed E-state index contributed by atoms with van der Waals surface area (Å²) in [6.07, 6.45) is 4.47. The highest BCUT2D eigenvalue weighted by Gasteiger charge is 2.32. The van der Waals surface area contributed by atoms with E-state index in [1.807, 2.05) is 0 Å². The summed E-state index contributed by atoms with van der Waals surface area (Å²) in [7, 11) is 0. The van der Waals surface area contributed by atoms with E-state index in [-0.39, 0.29) is 5.92 Å². The molecule has 82 valence electrons. The number of piperidine rings is 1. The minimum atomic E-state index is -0.809. The first-order valence-electron chi connectivity index (χ1n) is 5.10. The van der Waals surface area contributed by atoms with Gasteiger partial charge in [0.25, 0.3) is 0 Å². The molecule has 1 atom stereocenters. The molecule has 1 fully saturated rings. The van der Waals surface area contributed by atoms with Crippen LogP contribution in [0.25, 0.3) is 0 Å². The van der Waals surface area contributed by atoms with Crippen molar-refractivity contribution in [2.24, 2.45) is 5.92 Å². The minimum Gasteiger partial charge on any atom is -0.481 e. The molecular weight excluding hydrogens is 196 g/mol. The van der Waals surface area contributed by atoms with Crippen molar-refractivity contribution in [1.29, 1.82) is 0 Å². The van der Waals surface area contributed by atoms with Gasteiger partial charge in [-0.25, -0.2) is 4.98 Å². The summed E-state index contributed by atoms with van der Waals surface area (Å²) >= 11 is 0. The monoisotopic (exact) mass is 210 g/mol. The molecule has 0 amide bonds. The summed E-state index contributed by atoms with van der Waals surface area (Å²) < 4.78 is 4.85. The van der Waals surface area contributed by atoms with Gasteiger partial charge in [-0.3, -0.25) is 4.79 Å².